The van der Waals surface area contributed by atoms with Gasteiger partial charge in [0.2, 0.25) is 17.8 Å². The number of primary amides is 1. The van der Waals surface area contributed by atoms with Gasteiger partial charge in [0.05, 0.1) is 55.3 Å². The van der Waals surface area contributed by atoms with Crippen LogP contribution in [0.1, 0.15) is 41.6 Å². The van der Waals surface area contributed by atoms with Gasteiger partial charge in [0, 0.05) is 31.0 Å². The van der Waals surface area contributed by atoms with Gasteiger partial charge < -0.3 is 29.4 Å². The van der Waals surface area contributed by atoms with E-state index < -0.39 is 23.0 Å². The number of hydrazone groups is 1. The van der Waals surface area contributed by atoms with Gasteiger partial charge in [-0.1, -0.05) is 6.07 Å². The van der Waals surface area contributed by atoms with Gasteiger partial charge in [0.15, 0.2) is 23.0 Å². The molecule has 0 fully saturated rings. The molecule has 15 heteroatoms. The maximum Gasteiger partial charge on any atom is 0.271 e. The highest BCUT2D eigenvalue weighted by Crippen LogP contribution is 2.43. The number of non-ortho nitro benzene ring substituents is 1. The molecular formula is C30H29N5O9S. The number of fused-ring (bicyclic) bond motifs is 1. The number of carbonyl (C=O) groups excluding carboxylic acids is 2. The molecule has 2 amide bonds. The molecule has 0 aliphatic carbocycles. The average Bonchev–Trinajstić information content (AvgIpc) is 3.67. The molecule has 0 saturated carbocycles. The molecule has 1 aliphatic heterocycles. The maximum absolute atomic E-state index is 12.7. The summed E-state index contributed by atoms with van der Waals surface area (Å²) in [4.78, 5) is 40.4. The summed E-state index contributed by atoms with van der Waals surface area (Å²) >= 11 is 1.13. The highest BCUT2D eigenvalue weighted by atomic mass is 32.1. The molecule has 0 saturated heterocycles. The standard InChI is InChI=1S/C30H29N5O9S/c1-15(36)34-21(14-19(33-34)17-11-24(41-3)27(43-5)25(12-17)42-4)16-6-8-22(40-2)23(10-16)44-28(29(31)37)30-32-20-13-18(35(38)39)7-9-26(20)45-30/h6-13,21,28H,14H2,1-5H3,(H2,31,37). The van der Waals surface area contributed by atoms with E-state index in [0.29, 0.717) is 56.5 Å². The number of hydrogen-bond donors (Lipinski definition) is 1. The summed E-state index contributed by atoms with van der Waals surface area (Å²) in [6, 6.07) is 12.3. The number of thiazole rings is 1. The Hall–Kier alpha value is -5.44. The second-order valence-electron chi connectivity index (χ2n) is 9.82. The molecule has 0 bridgehead atoms. The van der Waals surface area contributed by atoms with E-state index >= 15 is 0 Å². The van der Waals surface area contributed by atoms with Crippen molar-refractivity contribution >= 4 is 44.8 Å². The smallest absolute Gasteiger partial charge is 0.271 e. The van der Waals surface area contributed by atoms with Gasteiger partial charge >= 0.3 is 0 Å². The number of aromatic nitrogens is 1. The molecule has 4 aromatic rings. The van der Waals surface area contributed by atoms with Crippen LogP contribution < -0.4 is 29.4 Å². The topological polar surface area (TPSA) is 178 Å². The Morgan fingerprint density at radius 3 is 2.24 bits per heavy atom. The van der Waals surface area contributed by atoms with Crippen LogP contribution in [0.5, 0.6) is 28.7 Å². The largest absolute Gasteiger partial charge is 0.493 e. The first-order valence-electron chi connectivity index (χ1n) is 13.4. The summed E-state index contributed by atoms with van der Waals surface area (Å²) in [5.74, 6) is 0.668. The van der Waals surface area contributed by atoms with Crippen molar-refractivity contribution in [1.29, 1.82) is 0 Å². The van der Waals surface area contributed by atoms with Crippen molar-refractivity contribution in [3.8, 4) is 28.7 Å². The van der Waals surface area contributed by atoms with E-state index in [1.165, 1.54) is 52.5 Å². The second kappa shape index (κ2) is 12.7. The monoisotopic (exact) mass is 635 g/mol. The third-order valence-corrected chi connectivity index (χ3v) is 8.21. The molecule has 1 aromatic heterocycles. The third kappa shape index (κ3) is 6.02. The van der Waals surface area contributed by atoms with Crippen molar-refractivity contribution < 1.29 is 38.2 Å². The Kier molecular flexibility index (Phi) is 8.72. The van der Waals surface area contributed by atoms with E-state index in [-0.39, 0.29) is 22.4 Å². The number of methoxy groups -OCH3 is 4. The van der Waals surface area contributed by atoms with Crippen LogP contribution in [0.2, 0.25) is 0 Å². The first-order chi connectivity index (χ1) is 21.6. The lowest BCUT2D eigenvalue weighted by molar-refractivity contribution is -0.384. The van der Waals surface area contributed by atoms with E-state index in [1.54, 1.807) is 36.4 Å². The number of benzene rings is 3. The van der Waals surface area contributed by atoms with Gasteiger partial charge in [0.1, 0.15) is 5.01 Å². The van der Waals surface area contributed by atoms with Gasteiger partial charge in [0.25, 0.3) is 11.6 Å². The fourth-order valence-electron chi connectivity index (χ4n) is 4.99. The van der Waals surface area contributed by atoms with E-state index in [0.717, 1.165) is 11.3 Å². The normalized spacial score (nSPS) is 14.9. The zero-order valence-electron chi connectivity index (χ0n) is 24.9. The Morgan fingerprint density at radius 2 is 1.67 bits per heavy atom. The molecule has 234 valence electrons. The molecule has 0 spiro atoms. The summed E-state index contributed by atoms with van der Waals surface area (Å²) in [5, 5.41) is 17.4. The predicted octanol–water partition coefficient (Wildman–Crippen LogP) is 4.54. The number of amides is 2. The molecule has 1 aliphatic rings. The van der Waals surface area contributed by atoms with E-state index in [4.69, 9.17) is 29.4 Å². The molecule has 2 heterocycles. The lowest BCUT2D eigenvalue weighted by atomic mass is 9.97. The van der Waals surface area contributed by atoms with Crippen molar-refractivity contribution in [3.63, 3.8) is 0 Å². The minimum absolute atomic E-state index is 0.134. The molecular weight excluding hydrogens is 606 g/mol. The van der Waals surface area contributed by atoms with E-state index in [2.05, 4.69) is 10.1 Å². The van der Waals surface area contributed by atoms with E-state index in [1.807, 2.05) is 0 Å². The maximum atomic E-state index is 12.7. The number of nitrogens with two attached hydrogens (primary N) is 1. The fourth-order valence-corrected chi connectivity index (χ4v) is 5.98. The van der Waals surface area contributed by atoms with E-state index in [9.17, 15) is 19.7 Å². The summed E-state index contributed by atoms with van der Waals surface area (Å²) in [6.07, 6.45) is -0.996. The van der Waals surface area contributed by atoms with Crippen LogP contribution in [0.3, 0.4) is 0 Å². The number of rotatable bonds is 11. The molecule has 3 aromatic carbocycles. The molecule has 45 heavy (non-hydrogen) atoms. The molecule has 0 radical (unpaired) electrons. The Labute approximate surface area is 261 Å². The number of ether oxygens (including phenoxy) is 5. The zero-order chi connectivity index (χ0) is 32.4. The summed E-state index contributed by atoms with van der Waals surface area (Å²) < 4.78 is 28.6. The molecule has 14 nitrogen and oxygen atoms in total. The van der Waals surface area contributed by atoms with Crippen LogP contribution in [-0.2, 0) is 9.59 Å². The summed E-state index contributed by atoms with van der Waals surface area (Å²) in [5.41, 5.74) is 7.86. The number of nitrogens with zero attached hydrogens (tertiary/aromatic N) is 4. The van der Waals surface area contributed by atoms with Gasteiger partial charge in [-0.05, 0) is 35.9 Å². The SMILES string of the molecule is COc1ccc(C2CC(c3cc(OC)c(OC)c(OC)c3)=NN2C(C)=O)cc1OC(C(N)=O)c1nc2cc([N+](=O)[O-])ccc2s1. The Bertz CT molecular complexity index is 1810. The van der Waals surface area contributed by atoms with Gasteiger partial charge in [-0.25, -0.2) is 9.99 Å². The minimum atomic E-state index is -1.33. The minimum Gasteiger partial charge on any atom is -0.493 e. The highest BCUT2D eigenvalue weighted by Gasteiger charge is 2.34. The lowest BCUT2D eigenvalue weighted by Crippen LogP contribution is -2.26. The first kappa shape index (κ1) is 31.0. The molecule has 5 rings (SSSR count). The highest BCUT2D eigenvalue weighted by molar-refractivity contribution is 7.18. The number of hydrogen-bond acceptors (Lipinski definition) is 12. The van der Waals surface area contributed by atoms with Gasteiger partial charge in [-0.3, -0.25) is 19.7 Å². The zero-order valence-corrected chi connectivity index (χ0v) is 25.7. The van der Waals surface area contributed by atoms with Crippen LogP contribution in [0.15, 0.2) is 53.6 Å². The summed E-state index contributed by atoms with van der Waals surface area (Å²) in [6.45, 7) is 1.41. The van der Waals surface area contributed by atoms with Crippen LogP contribution in [0, 0.1) is 10.1 Å². The quantitative estimate of drug-likeness (QED) is 0.182. The fraction of sp³-hybridized carbons (Fsp3) is 0.267. The molecule has 2 N–H and O–H groups in total. The van der Waals surface area contributed by atoms with Crippen LogP contribution in [0.4, 0.5) is 5.69 Å². The molecule has 2 unspecified atom stereocenters. The van der Waals surface area contributed by atoms with Gasteiger partial charge in [-0.2, -0.15) is 5.10 Å². The first-order valence-corrected chi connectivity index (χ1v) is 14.3. The van der Waals surface area contributed by atoms with Crippen molar-refractivity contribution in [2.75, 3.05) is 28.4 Å². The van der Waals surface area contributed by atoms with Crippen molar-refractivity contribution in [3.05, 3.63) is 74.8 Å². The van der Waals surface area contributed by atoms with Crippen molar-refractivity contribution in [1.82, 2.24) is 9.99 Å². The Balaban J connectivity index is 1.49. The second-order valence-corrected chi connectivity index (χ2v) is 10.9. The lowest BCUT2D eigenvalue weighted by Gasteiger charge is -2.22. The average molecular weight is 636 g/mol. The predicted molar refractivity (Wildman–Crippen MR) is 164 cm³/mol. The van der Waals surface area contributed by atoms with Crippen LogP contribution in [-0.4, -0.2) is 60.9 Å². The van der Waals surface area contributed by atoms with Crippen molar-refractivity contribution in [2.45, 2.75) is 25.5 Å². The molecule has 2 atom stereocenters. The number of carbonyl (C=O) groups is 2. The van der Waals surface area contributed by atoms with Crippen LogP contribution in [0.25, 0.3) is 10.2 Å². The van der Waals surface area contributed by atoms with Crippen LogP contribution >= 0.6 is 11.3 Å². The number of nitro groups is 1. The summed E-state index contributed by atoms with van der Waals surface area (Å²) in [7, 11) is 5.98. The third-order valence-electron chi connectivity index (χ3n) is 7.13. The Morgan fingerprint density at radius 1 is 0.978 bits per heavy atom. The number of nitro benzene ring substituents is 1. The van der Waals surface area contributed by atoms with Crippen molar-refractivity contribution in [2.24, 2.45) is 10.8 Å². The van der Waals surface area contributed by atoms with Gasteiger partial charge in [-0.15, -0.1) is 11.3 Å².